The molecule has 0 spiro atoms. The van der Waals surface area contributed by atoms with Gasteiger partial charge in [0, 0.05) is 12.5 Å². The van der Waals surface area contributed by atoms with Gasteiger partial charge in [-0.05, 0) is 35.9 Å². The van der Waals surface area contributed by atoms with Crippen molar-refractivity contribution in [2.45, 2.75) is 19.6 Å². The number of hydrogen-bond donors (Lipinski definition) is 0. The van der Waals surface area contributed by atoms with E-state index in [4.69, 9.17) is 25.8 Å². The molecular formula is C21H17ClF2N2O4. The van der Waals surface area contributed by atoms with Gasteiger partial charge in [-0.2, -0.15) is 8.78 Å². The van der Waals surface area contributed by atoms with Crippen molar-refractivity contribution >= 4 is 34.7 Å². The maximum Gasteiger partial charge on any atom is 0.331 e. The van der Waals surface area contributed by atoms with Crippen LogP contribution < -0.4 is 9.47 Å². The van der Waals surface area contributed by atoms with Crippen LogP contribution in [0, 0.1) is 0 Å². The van der Waals surface area contributed by atoms with E-state index in [0.717, 1.165) is 11.0 Å². The summed E-state index contributed by atoms with van der Waals surface area (Å²) in [4.78, 5) is 16.2. The van der Waals surface area contributed by atoms with Gasteiger partial charge in [0.1, 0.15) is 6.61 Å². The lowest BCUT2D eigenvalue weighted by atomic mass is 10.2. The van der Waals surface area contributed by atoms with Crippen LogP contribution in [0.4, 0.5) is 8.78 Å². The number of fused-ring (bicyclic) bond motifs is 2. The van der Waals surface area contributed by atoms with Crippen LogP contribution in [0.1, 0.15) is 24.4 Å². The van der Waals surface area contributed by atoms with E-state index in [1.165, 1.54) is 18.2 Å². The molecule has 0 radical (unpaired) electrons. The van der Waals surface area contributed by atoms with Crippen molar-refractivity contribution in [1.29, 1.82) is 0 Å². The lowest BCUT2D eigenvalue weighted by molar-refractivity contribution is -0.139. The predicted octanol–water partition coefficient (Wildman–Crippen LogP) is 5.00. The zero-order valence-electron chi connectivity index (χ0n) is 15.7. The van der Waals surface area contributed by atoms with Gasteiger partial charge in [0.05, 0.1) is 29.3 Å². The molecule has 6 nitrogen and oxygen atoms in total. The number of alkyl halides is 2. The lowest BCUT2D eigenvalue weighted by Gasteiger charge is -2.10. The molecule has 0 aliphatic carbocycles. The SMILES string of the molecule is O=C(/C=C/c1cc(Cl)c2c(c1)OCCCO2)OCc1nc2ccccc2n1C(F)F. The Balaban J connectivity index is 1.46. The summed E-state index contributed by atoms with van der Waals surface area (Å²) in [5, 5.41) is 0.369. The fraction of sp³-hybridized carbons (Fsp3) is 0.238. The Morgan fingerprint density at radius 3 is 2.90 bits per heavy atom. The molecule has 0 bridgehead atoms. The maximum atomic E-state index is 13.4. The summed E-state index contributed by atoms with van der Waals surface area (Å²) in [5.41, 5.74) is 1.29. The topological polar surface area (TPSA) is 62.6 Å². The van der Waals surface area contributed by atoms with Gasteiger partial charge in [-0.25, -0.2) is 9.78 Å². The summed E-state index contributed by atoms with van der Waals surface area (Å²) in [5.74, 6) is 0.233. The fourth-order valence-corrected chi connectivity index (χ4v) is 3.38. The average molecular weight is 435 g/mol. The number of rotatable bonds is 5. The van der Waals surface area contributed by atoms with Gasteiger partial charge in [-0.15, -0.1) is 0 Å². The number of ether oxygens (including phenoxy) is 3. The molecule has 0 N–H and O–H groups in total. The van der Waals surface area contributed by atoms with E-state index in [2.05, 4.69) is 4.98 Å². The minimum Gasteiger partial charge on any atom is -0.489 e. The first-order valence-corrected chi connectivity index (χ1v) is 9.58. The number of aromatic nitrogens is 2. The Labute approximate surface area is 175 Å². The molecule has 0 unspecified atom stereocenters. The van der Waals surface area contributed by atoms with E-state index in [0.29, 0.717) is 40.8 Å². The van der Waals surface area contributed by atoms with Crippen molar-refractivity contribution in [3.63, 3.8) is 0 Å². The zero-order valence-corrected chi connectivity index (χ0v) is 16.4. The lowest BCUT2D eigenvalue weighted by Crippen LogP contribution is -2.09. The largest absolute Gasteiger partial charge is 0.489 e. The number of esters is 1. The molecule has 1 aliphatic rings. The summed E-state index contributed by atoms with van der Waals surface area (Å²) >= 11 is 6.22. The number of hydrogen-bond acceptors (Lipinski definition) is 5. The quantitative estimate of drug-likeness (QED) is 0.417. The third kappa shape index (κ3) is 4.23. The molecule has 1 aliphatic heterocycles. The maximum absolute atomic E-state index is 13.4. The fourth-order valence-electron chi connectivity index (χ4n) is 3.11. The molecule has 2 aromatic carbocycles. The van der Waals surface area contributed by atoms with Gasteiger partial charge in [-0.3, -0.25) is 4.57 Å². The van der Waals surface area contributed by atoms with Crippen LogP contribution in [0.3, 0.4) is 0 Å². The minimum absolute atomic E-state index is 0.0356. The predicted molar refractivity (Wildman–Crippen MR) is 107 cm³/mol. The third-order valence-electron chi connectivity index (χ3n) is 4.44. The molecule has 0 fully saturated rings. The van der Waals surface area contributed by atoms with Crippen LogP contribution in [0.15, 0.2) is 42.5 Å². The molecule has 3 aromatic rings. The monoisotopic (exact) mass is 434 g/mol. The molecule has 156 valence electrons. The van der Waals surface area contributed by atoms with Crippen molar-refractivity contribution in [2.75, 3.05) is 13.2 Å². The summed E-state index contributed by atoms with van der Waals surface area (Å²) in [6.07, 6.45) is 3.43. The molecule has 30 heavy (non-hydrogen) atoms. The molecule has 0 saturated heterocycles. The van der Waals surface area contributed by atoms with Gasteiger partial charge in [0.15, 0.2) is 17.3 Å². The Morgan fingerprint density at radius 2 is 2.07 bits per heavy atom. The van der Waals surface area contributed by atoms with Crippen molar-refractivity contribution in [3.05, 3.63) is 58.9 Å². The minimum atomic E-state index is -2.80. The molecule has 0 atom stereocenters. The van der Waals surface area contributed by atoms with E-state index in [9.17, 15) is 13.6 Å². The Kier molecular flexibility index (Phi) is 5.85. The molecule has 4 rings (SSSR count). The summed E-state index contributed by atoms with van der Waals surface area (Å²) in [6.45, 7) is -2.17. The smallest absolute Gasteiger partial charge is 0.331 e. The highest BCUT2D eigenvalue weighted by atomic mass is 35.5. The van der Waals surface area contributed by atoms with Crippen LogP contribution >= 0.6 is 11.6 Å². The second-order valence-corrected chi connectivity index (χ2v) is 6.89. The third-order valence-corrected chi connectivity index (χ3v) is 4.72. The zero-order chi connectivity index (χ0) is 21.1. The first-order valence-electron chi connectivity index (χ1n) is 9.21. The second kappa shape index (κ2) is 8.71. The van der Waals surface area contributed by atoms with Crippen LogP contribution in [0.5, 0.6) is 11.5 Å². The highest BCUT2D eigenvalue weighted by Crippen LogP contribution is 2.38. The van der Waals surface area contributed by atoms with Crippen LogP contribution in [-0.2, 0) is 16.1 Å². The normalized spacial score (nSPS) is 13.7. The summed E-state index contributed by atoms with van der Waals surface area (Å²) < 4.78 is 43.9. The Morgan fingerprint density at radius 1 is 1.27 bits per heavy atom. The van der Waals surface area contributed by atoms with Crippen molar-refractivity contribution < 1.29 is 27.8 Å². The molecular weight excluding hydrogens is 418 g/mol. The molecule has 1 aromatic heterocycles. The number of benzene rings is 2. The molecule has 2 heterocycles. The number of carbonyl (C=O) groups excluding carboxylic acids is 1. The Bertz CT molecular complexity index is 1110. The number of para-hydroxylation sites is 2. The van der Waals surface area contributed by atoms with Crippen molar-refractivity contribution in [2.24, 2.45) is 0 Å². The van der Waals surface area contributed by atoms with Gasteiger partial charge in [-0.1, -0.05) is 23.7 Å². The van der Waals surface area contributed by atoms with Crippen LogP contribution in [0.25, 0.3) is 17.1 Å². The van der Waals surface area contributed by atoms with Crippen molar-refractivity contribution in [1.82, 2.24) is 9.55 Å². The average Bonchev–Trinajstić information content (AvgIpc) is 2.93. The Hall–Kier alpha value is -3.13. The van der Waals surface area contributed by atoms with Gasteiger partial charge in [0.25, 0.3) is 0 Å². The molecule has 0 saturated carbocycles. The molecule has 0 amide bonds. The first-order chi connectivity index (χ1) is 14.5. The molecule has 9 heteroatoms. The van der Waals surface area contributed by atoms with Gasteiger partial charge >= 0.3 is 12.5 Å². The highest BCUT2D eigenvalue weighted by molar-refractivity contribution is 6.32. The van der Waals surface area contributed by atoms with Crippen LogP contribution in [-0.4, -0.2) is 28.7 Å². The van der Waals surface area contributed by atoms with Crippen LogP contribution in [0.2, 0.25) is 5.02 Å². The standard InChI is InChI=1S/C21H17ClF2N2O4/c22-14-10-13(11-17-20(14)29-9-3-8-28-17)6-7-19(27)30-12-18-25-15-4-1-2-5-16(15)26(18)21(23)24/h1-2,4-7,10-11,21H,3,8-9,12H2/b7-6+. The summed E-state index contributed by atoms with van der Waals surface area (Å²) in [6, 6.07) is 9.83. The van der Waals surface area contributed by atoms with E-state index in [1.54, 1.807) is 30.3 Å². The first kappa shape index (κ1) is 20.2. The summed E-state index contributed by atoms with van der Waals surface area (Å²) in [7, 11) is 0. The van der Waals surface area contributed by atoms with E-state index in [-0.39, 0.29) is 17.9 Å². The number of halogens is 3. The highest BCUT2D eigenvalue weighted by Gasteiger charge is 2.18. The van der Waals surface area contributed by atoms with E-state index < -0.39 is 12.5 Å². The van der Waals surface area contributed by atoms with E-state index >= 15 is 0 Å². The number of imidazole rings is 1. The number of nitrogens with zero attached hydrogens (tertiary/aromatic N) is 2. The number of carbonyl (C=O) groups is 1. The van der Waals surface area contributed by atoms with E-state index in [1.807, 2.05) is 0 Å². The van der Waals surface area contributed by atoms with Gasteiger partial charge in [0.2, 0.25) is 0 Å². The van der Waals surface area contributed by atoms with Crippen molar-refractivity contribution in [3.8, 4) is 11.5 Å². The second-order valence-electron chi connectivity index (χ2n) is 6.49. The van der Waals surface area contributed by atoms with Gasteiger partial charge < -0.3 is 14.2 Å².